The van der Waals surface area contributed by atoms with Gasteiger partial charge in [0.25, 0.3) is 0 Å². The Bertz CT molecular complexity index is 468. The average molecular weight is 252 g/mol. The van der Waals surface area contributed by atoms with Gasteiger partial charge in [0.1, 0.15) is 0 Å². The largest absolute Gasteiger partial charge is 0.320 e. The van der Waals surface area contributed by atoms with Crippen LogP contribution in [0.1, 0.15) is 27.6 Å². The van der Waals surface area contributed by atoms with E-state index in [2.05, 4.69) is 37.3 Å². The van der Waals surface area contributed by atoms with Crippen LogP contribution in [0.3, 0.4) is 0 Å². The van der Waals surface area contributed by atoms with Crippen molar-refractivity contribution in [3.63, 3.8) is 0 Å². The SMILES string of the molecule is Cc1ccc(C(N)c2cc(C)c(Cl)s2)cc1. The summed E-state index contributed by atoms with van der Waals surface area (Å²) < 4.78 is 0.831. The quantitative estimate of drug-likeness (QED) is 0.856. The van der Waals surface area contributed by atoms with Crippen LogP contribution in [0.15, 0.2) is 30.3 Å². The van der Waals surface area contributed by atoms with E-state index in [0.717, 1.165) is 20.3 Å². The predicted molar refractivity (Wildman–Crippen MR) is 71.3 cm³/mol. The van der Waals surface area contributed by atoms with Crippen LogP contribution in [-0.2, 0) is 0 Å². The topological polar surface area (TPSA) is 26.0 Å². The molecule has 1 aromatic heterocycles. The fourth-order valence-electron chi connectivity index (χ4n) is 1.57. The first-order valence-electron chi connectivity index (χ1n) is 5.16. The van der Waals surface area contributed by atoms with E-state index in [1.165, 1.54) is 5.56 Å². The summed E-state index contributed by atoms with van der Waals surface area (Å²) in [6.07, 6.45) is 0. The minimum atomic E-state index is -0.0724. The summed E-state index contributed by atoms with van der Waals surface area (Å²) in [7, 11) is 0. The molecule has 0 amide bonds. The van der Waals surface area contributed by atoms with Gasteiger partial charge in [-0.1, -0.05) is 41.4 Å². The van der Waals surface area contributed by atoms with Gasteiger partial charge in [0.05, 0.1) is 10.4 Å². The number of rotatable bonds is 2. The maximum absolute atomic E-state index is 6.20. The van der Waals surface area contributed by atoms with Gasteiger partial charge in [0.2, 0.25) is 0 Å². The van der Waals surface area contributed by atoms with E-state index in [1.54, 1.807) is 11.3 Å². The van der Waals surface area contributed by atoms with Crippen LogP contribution in [0, 0.1) is 13.8 Å². The second-order valence-electron chi connectivity index (χ2n) is 3.99. The lowest BCUT2D eigenvalue weighted by atomic mass is 10.0. The van der Waals surface area contributed by atoms with Crippen molar-refractivity contribution < 1.29 is 0 Å². The maximum Gasteiger partial charge on any atom is 0.0961 e. The molecule has 0 fully saturated rings. The Labute approximate surface area is 105 Å². The Morgan fingerprint density at radius 2 is 1.81 bits per heavy atom. The minimum absolute atomic E-state index is 0.0724. The summed E-state index contributed by atoms with van der Waals surface area (Å²) in [5, 5.41) is 0. The molecule has 3 heteroatoms. The first-order chi connectivity index (χ1) is 7.58. The summed E-state index contributed by atoms with van der Waals surface area (Å²) in [5.74, 6) is 0. The molecular weight excluding hydrogens is 238 g/mol. The Kier molecular flexibility index (Phi) is 3.33. The van der Waals surface area contributed by atoms with E-state index in [4.69, 9.17) is 17.3 Å². The van der Waals surface area contributed by atoms with Gasteiger partial charge >= 0.3 is 0 Å². The number of hydrogen-bond donors (Lipinski definition) is 1. The van der Waals surface area contributed by atoms with Crippen LogP contribution in [-0.4, -0.2) is 0 Å². The summed E-state index contributed by atoms with van der Waals surface area (Å²) in [6.45, 7) is 4.08. The highest BCUT2D eigenvalue weighted by molar-refractivity contribution is 7.16. The zero-order valence-corrected chi connectivity index (χ0v) is 10.9. The van der Waals surface area contributed by atoms with Gasteiger partial charge in [-0.2, -0.15) is 0 Å². The molecule has 0 aliphatic rings. The fraction of sp³-hybridized carbons (Fsp3) is 0.231. The average Bonchev–Trinajstić information content (AvgIpc) is 2.59. The van der Waals surface area contributed by atoms with Gasteiger partial charge < -0.3 is 5.73 Å². The van der Waals surface area contributed by atoms with E-state index >= 15 is 0 Å². The Morgan fingerprint density at radius 1 is 1.19 bits per heavy atom. The van der Waals surface area contributed by atoms with Crippen LogP contribution >= 0.6 is 22.9 Å². The van der Waals surface area contributed by atoms with Crippen molar-refractivity contribution in [1.82, 2.24) is 0 Å². The third-order valence-electron chi connectivity index (χ3n) is 2.62. The van der Waals surface area contributed by atoms with Gasteiger partial charge in [-0.05, 0) is 31.0 Å². The molecule has 2 N–H and O–H groups in total. The van der Waals surface area contributed by atoms with E-state index in [0.29, 0.717) is 0 Å². The van der Waals surface area contributed by atoms with Crippen molar-refractivity contribution in [3.8, 4) is 0 Å². The van der Waals surface area contributed by atoms with Gasteiger partial charge in [-0.3, -0.25) is 0 Å². The molecule has 84 valence electrons. The zero-order valence-electron chi connectivity index (χ0n) is 9.33. The Balaban J connectivity index is 2.31. The molecule has 1 heterocycles. The molecule has 1 aromatic carbocycles. The van der Waals surface area contributed by atoms with Crippen molar-refractivity contribution in [3.05, 3.63) is 56.2 Å². The lowest BCUT2D eigenvalue weighted by molar-refractivity contribution is 0.892. The number of benzene rings is 1. The smallest absolute Gasteiger partial charge is 0.0961 e. The van der Waals surface area contributed by atoms with Crippen molar-refractivity contribution in [1.29, 1.82) is 0 Å². The molecule has 0 aliphatic heterocycles. The standard InChI is InChI=1S/C13H14ClNS/c1-8-3-5-10(6-4-8)12(15)11-7-9(2)13(14)16-11/h3-7,12H,15H2,1-2H3. The molecule has 0 bridgehead atoms. The second-order valence-corrected chi connectivity index (χ2v) is 5.68. The molecule has 0 radical (unpaired) electrons. The molecule has 0 aliphatic carbocycles. The van der Waals surface area contributed by atoms with Crippen molar-refractivity contribution in [2.45, 2.75) is 19.9 Å². The number of aryl methyl sites for hydroxylation is 2. The number of hydrogen-bond acceptors (Lipinski definition) is 2. The molecule has 2 rings (SSSR count). The first-order valence-corrected chi connectivity index (χ1v) is 6.35. The van der Waals surface area contributed by atoms with E-state index in [9.17, 15) is 0 Å². The highest BCUT2D eigenvalue weighted by Crippen LogP contribution is 2.32. The number of halogens is 1. The van der Waals surface area contributed by atoms with Gasteiger partial charge in [0.15, 0.2) is 0 Å². The summed E-state index contributed by atoms with van der Waals surface area (Å²) in [4.78, 5) is 1.12. The van der Waals surface area contributed by atoms with Crippen molar-refractivity contribution >= 4 is 22.9 Å². The monoisotopic (exact) mass is 251 g/mol. The summed E-state index contributed by atoms with van der Waals surface area (Å²) in [5.41, 5.74) is 9.68. The van der Waals surface area contributed by atoms with Crippen LogP contribution < -0.4 is 5.73 Å². The molecule has 0 saturated carbocycles. The molecule has 1 atom stereocenters. The van der Waals surface area contributed by atoms with Crippen LogP contribution in [0.25, 0.3) is 0 Å². The molecule has 2 aromatic rings. The van der Waals surface area contributed by atoms with Crippen molar-refractivity contribution in [2.75, 3.05) is 0 Å². The highest BCUT2D eigenvalue weighted by Gasteiger charge is 2.12. The second kappa shape index (κ2) is 4.58. The summed E-state index contributed by atoms with van der Waals surface area (Å²) >= 11 is 7.61. The van der Waals surface area contributed by atoms with E-state index in [-0.39, 0.29) is 6.04 Å². The van der Waals surface area contributed by atoms with E-state index in [1.807, 2.05) is 6.92 Å². The third-order valence-corrected chi connectivity index (χ3v) is 4.26. The van der Waals surface area contributed by atoms with Crippen LogP contribution in [0.5, 0.6) is 0 Å². The highest BCUT2D eigenvalue weighted by atomic mass is 35.5. The molecule has 1 unspecified atom stereocenters. The molecule has 1 nitrogen and oxygen atoms in total. The van der Waals surface area contributed by atoms with Crippen molar-refractivity contribution in [2.24, 2.45) is 5.73 Å². The lowest BCUT2D eigenvalue weighted by Crippen LogP contribution is -2.09. The lowest BCUT2D eigenvalue weighted by Gasteiger charge is -2.09. The molecule has 16 heavy (non-hydrogen) atoms. The van der Waals surface area contributed by atoms with Gasteiger partial charge in [-0.25, -0.2) is 0 Å². The molecule has 0 spiro atoms. The van der Waals surface area contributed by atoms with Crippen LogP contribution in [0.4, 0.5) is 0 Å². The molecular formula is C13H14ClNS. The van der Waals surface area contributed by atoms with Gasteiger partial charge in [-0.15, -0.1) is 11.3 Å². The maximum atomic E-state index is 6.20. The minimum Gasteiger partial charge on any atom is -0.320 e. The number of nitrogens with two attached hydrogens (primary N) is 1. The Morgan fingerprint density at radius 3 is 2.31 bits per heavy atom. The normalized spacial score (nSPS) is 12.8. The zero-order chi connectivity index (χ0) is 11.7. The van der Waals surface area contributed by atoms with Crippen LogP contribution in [0.2, 0.25) is 4.34 Å². The first kappa shape index (κ1) is 11.6. The number of thiophene rings is 1. The fourth-order valence-corrected chi connectivity index (χ4v) is 2.82. The van der Waals surface area contributed by atoms with Gasteiger partial charge in [0, 0.05) is 4.88 Å². The predicted octanol–water partition coefficient (Wildman–Crippen LogP) is 4.07. The van der Waals surface area contributed by atoms with E-state index < -0.39 is 0 Å². The third kappa shape index (κ3) is 2.29. The summed E-state index contributed by atoms with van der Waals surface area (Å²) in [6, 6.07) is 10.3. The Hall–Kier alpha value is -0.830. The molecule has 0 saturated heterocycles.